The Hall–Kier alpha value is -1.32. The predicted octanol–water partition coefficient (Wildman–Crippen LogP) is 3.60. The SMILES string of the molecule is CNc1ccccc1C[C@@H](NC)c1sccc1C. The van der Waals surface area contributed by atoms with Crippen molar-refractivity contribution in [3.8, 4) is 0 Å². The topological polar surface area (TPSA) is 24.1 Å². The van der Waals surface area contributed by atoms with E-state index >= 15 is 0 Å². The fraction of sp³-hybridized carbons (Fsp3) is 0.333. The maximum absolute atomic E-state index is 3.43. The zero-order valence-electron chi connectivity index (χ0n) is 11.2. The summed E-state index contributed by atoms with van der Waals surface area (Å²) in [5.74, 6) is 0. The number of nitrogens with one attached hydrogen (secondary N) is 2. The first-order valence-electron chi connectivity index (χ1n) is 6.23. The highest BCUT2D eigenvalue weighted by Gasteiger charge is 2.15. The summed E-state index contributed by atoms with van der Waals surface area (Å²) in [7, 11) is 4.01. The Morgan fingerprint density at radius 2 is 1.94 bits per heavy atom. The molecule has 2 aromatic rings. The van der Waals surface area contributed by atoms with Crippen LogP contribution in [0.5, 0.6) is 0 Å². The molecule has 0 bridgehead atoms. The van der Waals surface area contributed by atoms with Gasteiger partial charge in [0.2, 0.25) is 0 Å². The van der Waals surface area contributed by atoms with Crippen LogP contribution in [0.4, 0.5) is 5.69 Å². The first kappa shape index (κ1) is 13.1. The van der Waals surface area contributed by atoms with E-state index in [-0.39, 0.29) is 0 Å². The lowest BCUT2D eigenvalue weighted by molar-refractivity contribution is 0.600. The van der Waals surface area contributed by atoms with Crippen molar-refractivity contribution in [1.29, 1.82) is 0 Å². The minimum atomic E-state index is 0.388. The average molecular weight is 260 g/mol. The summed E-state index contributed by atoms with van der Waals surface area (Å²) in [6.45, 7) is 2.18. The number of hydrogen-bond acceptors (Lipinski definition) is 3. The van der Waals surface area contributed by atoms with E-state index in [1.807, 2.05) is 25.4 Å². The van der Waals surface area contributed by atoms with Crippen molar-refractivity contribution in [3.63, 3.8) is 0 Å². The smallest absolute Gasteiger partial charge is 0.0456 e. The van der Waals surface area contributed by atoms with Gasteiger partial charge in [-0.15, -0.1) is 11.3 Å². The molecule has 0 fully saturated rings. The van der Waals surface area contributed by atoms with Gasteiger partial charge in [0.1, 0.15) is 0 Å². The molecule has 3 heteroatoms. The zero-order chi connectivity index (χ0) is 13.0. The van der Waals surface area contributed by atoms with Crippen LogP contribution in [-0.4, -0.2) is 14.1 Å². The van der Waals surface area contributed by atoms with Crippen LogP contribution in [0.25, 0.3) is 0 Å². The number of rotatable bonds is 5. The monoisotopic (exact) mass is 260 g/mol. The highest BCUT2D eigenvalue weighted by molar-refractivity contribution is 7.10. The van der Waals surface area contributed by atoms with Gasteiger partial charge >= 0.3 is 0 Å². The average Bonchev–Trinajstić information content (AvgIpc) is 2.82. The summed E-state index contributed by atoms with van der Waals surface area (Å²) < 4.78 is 0. The van der Waals surface area contributed by atoms with Crippen molar-refractivity contribution >= 4 is 17.0 Å². The number of para-hydroxylation sites is 1. The second-order valence-electron chi connectivity index (χ2n) is 4.42. The Morgan fingerprint density at radius 1 is 1.17 bits per heavy atom. The van der Waals surface area contributed by atoms with Gasteiger partial charge in [0.25, 0.3) is 0 Å². The normalized spacial score (nSPS) is 12.4. The first-order valence-corrected chi connectivity index (χ1v) is 7.11. The molecule has 0 aliphatic rings. The van der Waals surface area contributed by atoms with E-state index in [1.165, 1.54) is 21.7 Å². The van der Waals surface area contributed by atoms with E-state index in [9.17, 15) is 0 Å². The van der Waals surface area contributed by atoms with E-state index in [0.29, 0.717) is 6.04 Å². The molecule has 0 aliphatic carbocycles. The molecule has 2 N–H and O–H groups in total. The van der Waals surface area contributed by atoms with E-state index in [4.69, 9.17) is 0 Å². The molecule has 1 aromatic heterocycles. The van der Waals surface area contributed by atoms with Crippen LogP contribution in [0.1, 0.15) is 22.0 Å². The number of hydrogen-bond donors (Lipinski definition) is 2. The second-order valence-corrected chi connectivity index (χ2v) is 5.37. The van der Waals surface area contributed by atoms with Crippen LogP contribution in [0.2, 0.25) is 0 Å². The molecule has 0 saturated heterocycles. The molecule has 0 aliphatic heterocycles. The number of thiophene rings is 1. The second kappa shape index (κ2) is 6.03. The van der Waals surface area contributed by atoms with Gasteiger partial charge in [0.05, 0.1) is 0 Å². The highest BCUT2D eigenvalue weighted by Crippen LogP contribution is 2.28. The van der Waals surface area contributed by atoms with Gasteiger partial charge in [-0.1, -0.05) is 18.2 Å². The maximum Gasteiger partial charge on any atom is 0.0456 e. The predicted molar refractivity (Wildman–Crippen MR) is 80.5 cm³/mol. The van der Waals surface area contributed by atoms with E-state index in [1.54, 1.807) is 0 Å². The molecule has 0 amide bonds. The largest absolute Gasteiger partial charge is 0.388 e. The Kier molecular flexibility index (Phi) is 4.39. The molecular weight excluding hydrogens is 240 g/mol. The fourth-order valence-electron chi connectivity index (χ4n) is 2.23. The van der Waals surface area contributed by atoms with Gasteiger partial charge in [0, 0.05) is 23.7 Å². The molecule has 1 heterocycles. The Morgan fingerprint density at radius 3 is 2.56 bits per heavy atom. The van der Waals surface area contributed by atoms with Crippen LogP contribution in [0.15, 0.2) is 35.7 Å². The summed E-state index contributed by atoms with van der Waals surface area (Å²) in [5.41, 5.74) is 3.94. The minimum Gasteiger partial charge on any atom is -0.388 e. The van der Waals surface area contributed by atoms with Crippen molar-refractivity contribution in [2.75, 3.05) is 19.4 Å². The summed E-state index contributed by atoms with van der Waals surface area (Å²) in [6, 6.07) is 11.1. The third-order valence-electron chi connectivity index (χ3n) is 3.28. The van der Waals surface area contributed by atoms with Crippen molar-refractivity contribution in [1.82, 2.24) is 5.32 Å². The van der Waals surface area contributed by atoms with Crippen molar-refractivity contribution in [2.24, 2.45) is 0 Å². The number of anilines is 1. The van der Waals surface area contributed by atoms with Gasteiger partial charge in [-0.25, -0.2) is 0 Å². The summed E-state index contributed by atoms with van der Waals surface area (Å²) in [5, 5.41) is 8.85. The van der Waals surface area contributed by atoms with Gasteiger partial charge in [-0.2, -0.15) is 0 Å². The van der Waals surface area contributed by atoms with E-state index < -0.39 is 0 Å². The maximum atomic E-state index is 3.43. The zero-order valence-corrected chi connectivity index (χ0v) is 12.0. The van der Waals surface area contributed by atoms with Crippen LogP contribution in [-0.2, 0) is 6.42 Å². The van der Waals surface area contributed by atoms with Crippen LogP contribution in [0, 0.1) is 6.92 Å². The van der Waals surface area contributed by atoms with Crippen molar-refractivity contribution < 1.29 is 0 Å². The summed E-state index contributed by atoms with van der Waals surface area (Å²) in [6.07, 6.45) is 1.01. The number of benzene rings is 1. The van der Waals surface area contributed by atoms with Crippen LogP contribution in [0.3, 0.4) is 0 Å². The third-order valence-corrected chi connectivity index (χ3v) is 4.41. The lowest BCUT2D eigenvalue weighted by Gasteiger charge is -2.18. The molecule has 0 saturated carbocycles. The van der Waals surface area contributed by atoms with Crippen LogP contribution < -0.4 is 10.6 Å². The number of aryl methyl sites for hydroxylation is 1. The quantitative estimate of drug-likeness (QED) is 0.858. The first-order chi connectivity index (χ1) is 8.76. The molecule has 0 radical (unpaired) electrons. The van der Waals surface area contributed by atoms with E-state index in [2.05, 4.69) is 53.3 Å². The summed E-state index contributed by atoms with van der Waals surface area (Å²) in [4.78, 5) is 1.43. The minimum absolute atomic E-state index is 0.388. The third kappa shape index (κ3) is 2.74. The molecule has 2 rings (SSSR count). The Bertz CT molecular complexity index is 505. The number of likely N-dealkylation sites (N-methyl/N-ethyl adjacent to an activating group) is 1. The molecule has 18 heavy (non-hydrogen) atoms. The van der Waals surface area contributed by atoms with Crippen LogP contribution >= 0.6 is 11.3 Å². The fourth-order valence-corrected chi connectivity index (χ4v) is 3.27. The Balaban J connectivity index is 2.23. The molecule has 96 valence electrons. The molecule has 1 aromatic carbocycles. The molecule has 1 atom stereocenters. The van der Waals surface area contributed by atoms with Gasteiger partial charge < -0.3 is 10.6 Å². The standard InChI is InChI=1S/C15H20N2S/c1-11-8-9-18-15(11)14(17-3)10-12-6-4-5-7-13(12)16-2/h4-9,14,16-17H,10H2,1-3H3/t14-/m1/s1. The highest BCUT2D eigenvalue weighted by atomic mass is 32.1. The molecule has 2 nitrogen and oxygen atoms in total. The lowest BCUT2D eigenvalue weighted by Crippen LogP contribution is -2.19. The molecule has 0 unspecified atom stereocenters. The molecular formula is C15H20N2S. The van der Waals surface area contributed by atoms with Gasteiger partial charge in [0.15, 0.2) is 0 Å². The summed E-state index contributed by atoms with van der Waals surface area (Å²) >= 11 is 1.83. The van der Waals surface area contributed by atoms with Crippen molar-refractivity contribution in [2.45, 2.75) is 19.4 Å². The lowest BCUT2D eigenvalue weighted by atomic mass is 10.0. The van der Waals surface area contributed by atoms with Gasteiger partial charge in [-0.05, 0) is 49.0 Å². The van der Waals surface area contributed by atoms with E-state index in [0.717, 1.165) is 6.42 Å². The van der Waals surface area contributed by atoms with Gasteiger partial charge in [-0.3, -0.25) is 0 Å². The Labute approximate surface area is 113 Å². The molecule has 0 spiro atoms. The van der Waals surface area contributed by atoms with Crippen molar-refractivity contribution in [3.05, 3.63) is 51.7 Å².